The van der Waals surface area contributed by atoms with E-state index in [1.54, 1.807) is 18.2 Å². The molecular weight excluding hydrogens is 442 g/mol. The van der Waals surface area contributed by atoms with E-state index in [1.807, 2.05) is 31.2 Å². The van der Waals surface area contributed by atoms with Gasteiger partial charge in [-0.3, -0.25) is 9.59 Å². The number of ether oxygens (including phenoxy) is 2. The highest BCUT2D eigenvalue weighted by molar-refractivity contribution is 6.46. The fourth-order valence-electron chi connectivity index (χ4n) is 4.43. The molecule has 2 saturated heterocycles. The van der Waals surface area contributed by atoms with Crippen LogP contribution in [0.5, 0.6) is 5.75 Å². The molecule has 2 aromatic carbocycles. The second-order valence-electron chi connectivity index (χ2n) is 8.26. The standard InChI is InChI=1S/C26H28ClNO5/c1-3-16-7-9-17(10-8-16)23-22(24(29)18-11-12-20(27)21(14-18)32-4-2)25(30)26(31)28(23)15-19-6-5-13-33-19/h7-12,14,19,23,29H,3-6,13,15H2,1-2H3/b24-22-. The zero-order valence-electron chi connectivity index (χ0n) is 18.8. The minimum Gasteiger partial charge on any atom is -0.507 e. The van der Waals surface area contributed by atoms with Crippen molar-refractivity contribution in [1.29, 1.82) is 0 Å². The van der Waals surface area contributed by atoms with Gasteiger partial charge in [-0.2, -0.15) is 0 Å². The summed E-state index contributed by atoms with van der Waals surface area (Å²) < 4.78 is 11.3. The Hall–Kier alpha value is -2.83. The molecule has 0 spiro atoms. The van der Waals surface area contributed by atoms with Gasteiger partial charge in [0.2, 0.25) is 0 Å². The molecule has 2 heterocycles. The molecule has 0 aromatic heterocycles. The van der Waals surface area contributed by atoms with Crippen molar-refractivity contribution in [3.63, 3.8) is 0 Å². The lowest BCUT2D eigenvalue weighted by molar-refractivity contribution is -0.140. The van der Waals surface area contributed by atoms with Crippen molar-refractivity contribution in [3.8, 4) is 5.75 Å². The molecular formula is C26H28ClNO5. The number of carbonyl (C=O) groups excluding carboxylic acids is 2. The van der Waals surface area contributed by atoms with E-state index in [4.69, 9.17) is 21.1 Å². The normalized spacial score (nSPS) is 22.2. The van der Waals surface area contributed by atoms with Crippen LogP contribution in [0.4, 0.5) is 0 Å². The Morgan fingerprint density at radius 3 is 2.58 bits per heavy atom. The van der Waals surface area contributed by atoms with E-state index in [0.717, 1.165) is 30.4 Å². The maximum atomic E-state index is 13.2. The van der Waals surface area contributed by atoms with Crippen LogP contribution in [0, 0.1) is 0 Å². The molecule has 0 radical (unpaired) electrons. The minimum atomic E-state index is -0.706. The van der Waals surface area contributed by atoms with Crippen LogP contribution in [-0.4, -0.2) is 47.6 Å². The molecule has 33 heavy (non-hydrogen) atoms. The first-order chi connectivity index (χ1) is 15.9. The summed E-state index contributed by atoms with van der Waals surface area (Å²) >= 11 is 6.20. The van der Waals surface area contributed by atoms with Crippen molar-refractivity contribution in [2.45, 2.75) is 45.3 Å². The number of aryl methyl sites for hydroxylation is 1. The van der Waals surface area contributed by atoms with Crippen LogP contribution in [0.3, 0.4) is 0 Å². The number of nitrogens with zero attached hydrogens (tertiary/aromatic N) is 1. The highest BCUT2D eigenvalue weighted by atomic mass is 35.5. The quantitative estimate of drug-likeness (QED) is 0.354. The average molecular weight is 470 g/mol. The number of aliphatic hydroxyl groups excluding tert-OH is 1. The lowest BCUT2D eigenvalue weighted by Gasteiger charge is -2.27. The van der Waals surface area contributed by atoms with Gasteiger partial charge >= 0.3 is 0 Å². The monoisotopic (exact) mass is 469 g/mol. The summed E-state index contributed by atoms with van der Waals surface area (Å²) in [4.78, 5) is 27.8. The number of amides is 1. The summed E-state index contributed by atoms with van der Waals surface area (Å²) in [6, 6.07) is 11.9. The SMILES string of the molecule is CCOc1cc(/C(O)=C2/C(=O)C(=O)N(CC3CCCO3)C2c2ccc(CC)cc2)ccc1Cl. The molecule has 1 N–H and O–H groups in total. The Morgan fingerprint density at radius 2 is 1.94 bits per heavy atom. The van der Waals surface area contributed by atoms with Gasteiger partial charge in [-0.1, -0.05) is 42.8 Å². The maximum Gasteiger partial charge on any atom is 0.295 e. The van der Waals surface area contributed by atoms with Crippen LogP contribution in [0.2, 0.25) is 5.02 Å². The second kappa shape index (κ2) is 9.98. The van der Waals surface area contributed by atoms with Gasteiger partial charge in [-0.05, 0) is 55.5 Å². The van der Waals surface area contributed by atoms with Gasteiger partial charge in [0.1, 0.15) is 11.5 Å². The predicted molar refractivity (Wildman–Crippen MR) is 126 cm³/mol. The van der Waals surface area contributed by atoms with E-state index >= 15 is 0 Å². The smallest absolute Gasteiger partial charge is 0.295 e. The number of hydrogen-bond donors (Lipinski definition) is 1. The summed E-state index contributed by atoms with van der Waals surface area (Å²) in [5.74, 6) is -1.18. The zero-order chi connectivity index (χ0) is 23.5. The van der Waals surface area contributed by atoms with Gasteiger partial charge in [0.05, 0.1) is 29.3 Å². The van der Waals surface area contributed by atoms with Crippen LogP contribution < -0.4 is 4.74 Å². The first kappa shape index (κ1) is 23.3. The summed E-state index contributed by atoms with van der Waals surface area (Å²) in [5.41, 5.74) is 2.35. The van der Waals surface area contributed by atoms with Crippen LogP contribution in [0.25, 0.3) is 5.76 Å². The molecule has 2 atom stereocenters. The number of ketones is 1. The Labute approximate surface area is 198 Å². The molecule has 0 saturated carbocycles. The topological polar surface area (TPSA) is 76.1 Å². The molecule has 7 heteroatoms. The highest BCUT2D eigenvalue weighted by Crippen LogP contribution is 2.41. The van der Waals surface area contributed by atoms with Crippen LogP contribution >= 0.6 is 11.6 Å². The highest BCUT2D eigenvalue weighted by Gasteiger charge is 2.47. The third kappa shape index (κ3) is 4.63. The molecule has 2 aromatic rings. The van der Waals surface area contributed by atoms with Gasteiger partial charge in [0.15, 0.2) is 0 Å². The van der Waals surface area contributed by atoms with E-state index in [0.29, 0.717) is 36.1 Å². The van der Waals surface area contributed by atoms with Crippen LogP contribution in [0.15, 0.2) is 48.0 Å². The molecule has 4 rings (SSSR count). The van der Waals surface area contributed by atoms with E-state index in [2.05, 4.69) is 6.92 Å². The van der Waals surface area contributed by atoms with Crippen molar-refractivity contribution < 1.29 is 24.2 Å². The van der Waals surface area contributed by atoms with Gasteiger partial charge < -0.3 is 19.5 Å². The first-order valence-corrected chi connectivity index (χ1v) is 11.7. The van der Waals surface area contributed by atoms with Crippen molar-refractivity contribution in [2.75, 3.05) is 19.8 Å². The second-order valence-corrected chi connectivity index (χ2v) is 8.67. The maximum absolute atomic E-state index is 13.2. The molecule has 2 fully saturated rings. The molecule has 174 valence electrons. The summed E-state index contributed by atoms with van der Waals surface area (Å²) in [7, 11) is 0. The zero-order valence-corrected chi connectivity index (χ0v) is 19.6. The summed E-state index contributed by atoms with van der Waals surface area (Å²) in [6.07, 6.45) is 2.51. The van der Waals surface area contributed by atoms with Crippen LogP contribution in [0.1, 0.15) is 49.4 Å². The number of hydrogen-bond acceptors (Lipinski definition) is 5. The molecule has 1 amide bonds. The number of likely N-dealkylation sites (tertiary alicyclic amines) is 1. The Balaban J connectivity index is 1.81. The number of carbonyl (C=O) groups is 2. The fraction of sp³-hybridized carbons (Fsp3) is 0.385. The number of rotatable bonds is 7. The van der Waals surface area contributed by atoms with Gasteiger partial charge in [0.25, 0.3) is 11.7 Å². The molecule has 6 nitrogen and oxygen atoms in total. The fourth-order valence-corrected chi connectivity index (χ4v) is 4.60. The van der Waals surface area contributed by atoms with Crippen molar-refractivity contribution in [2.24, 2.45) is 0 Å². The van der Waals surface area contributed by atoms with Crippen molar-refractivity contribution >= 4 is 29.1 Å². The molecule has 2 aliphatic rings. The predicted octanol–water partition coefficient (Wildman–Crippen LogP) is 4.90. The summed E-state index contributed by atoms with van der Waals surface area (Å²) in [6.45, 7) is 5.25. The van der Waals surface area contributed by atoms with Crippen LogP contribution in [-0.2, 0) is 20.7 Å². The molecule has 0 bridgehead atoms. The number of Topliss-reactive ketones (excluding diaryl/α,β-unsaturated/α-hetero) is 1. The van der Waals surface area contributed by atoms with Gasteiger partial charge in [-0.25, -0.2) is 0 Å². The molecule has 0 aliphatic carbocycles. The van der Waals surface area contributed by atoms with Crippen molar-refractivity contribution in [1.82, 2.24) is 4.90 Å². The number of aliphatic hydroxyl groups is 1. The average Bonchev–Trinajstić information content (AvgIpc) is 3.43. The van der Waals surface area contributed by atoms with E-state index in [-0.39, 0.29) is 17.4 Å². The van der Waals surface area contributed by atoms with E-state index in [1.165, 1.54) is 4.90 Å². The Morgan fingerprint density at radius 1 is 1.18 bits per heavy atom. The Kier molecular flexibility index (Phi) is 7.05. The molecule has 2 aliphatic heterocycles. The van der Waals surface area contributed by atoms with E-state index < -0.39 is 17.7 Å². The number of halogens is 1. The third-order valence-corrected chi connectivity index (χ3v) is 6.48. The van der Waals surface area contributed by atoms with Gasteiger partial charge in [0, 0.05) is 18.7 Å². The number of benzene rings is 2. The Bertz CT molecular complexity index is 1070. The molecule has 2 unspecified atom stereocenters. The van der Waals surface area contributed by atoms with Crippen molar-refractivity contribution in [3.05, 3.63) is 69.8 Å². The van der Waals surface area contributed by atoms with Gasteiger partial charge in [-0.15, -0.1) is 0 Å². The lowest BCUT2D eigenvalue weighted by atomic mass is 9.94. The third-order valence-electron chi connectivity index (χ3n) is 6.17. The first-order valence-electron chi connectivity index (χ1n) is 11.4. The largest absolute Gasteiger partial charge is 0.507 e. The summed E-state index contributed by atoms with van der Waals surface area (Å²) in [5, 5.41) is 11.7. The lowest BCUT2D eigenvalue weighted by Crippen LogP contribution is -2.36. The van der Waals surface area contributed by atoms with E-state index in [9.17, 15) is 14.7 Å². The minimum absolute atomic E-state index is 0.0621.